The largest absolute Gasteiger partial charge is 0.330 e. The first-order valence-electron chi connectivity index (χ1n) is 5.40. The Morgan fingerprint density at radius 3 is 2.56 bits per heavy atom. The number of nitrogens with two attached hydrogens (primary N) is 2. The van der Waals surface area contributed by atoms with Gasteiger partial charge in [0, 0.05) is 18.2 Å². The Balaban J connectivity index is 3.10. The van der Waals surface area contributed by atoms with Gasteiger partial charge in [-0.3, -0.25) is 4.79 Å². The summed E-state index contributed by atoms with van der Waals surface area (Å²) in [5.41, 5.74) is 6.22. The molecule has 6 nitrogen and oxygen atoms in total. The van der Waals surface area contributed by atoms with Gasteiger partial charge in [-0.05, 0) is 24.6 Å². The fourth-order valence-corrected chi connectivity index (χ4v) is 2.23. The van der Waals surface area contributed by atoms with Gasteiger partial charge >= 0.3 is 0 Å². The molecule has 0 aliphatic carbocycles. The van der Waals surface area contributed by atoms with Crippen LogP contribution < -0.4 is 16.2 Å². The third-order valence-corrected chi connectivity index (χ3v) is 3.70. The Bertz CT molecular complexity index is 555. The van der Waals surface area contributed by atoms with E-state index in [9.17, 15) is 13.2 Å². The minimum atomic E-state index is -3.79. The minimum absolute atomic E-state index is 0.000650. The molecular weight excluding hydrogens is 254 g/mol. The summed E-state index contributed by atoms with van der Waals surface area (Å²) in [5.74, 6) is -0.602. The maximum atomic E-state index is 11.7. The summed E-state index contributed by atoms with van der Waals surface area (Å²) < 4.78 is 22.7. The predicted molar refractivity (Wildman–Crippen MR) is 69.4 cm³/mol. The van der Waals surface area contributed by atoms with Crippen LogP contribution in [0.25, 0.3) is 0 Å². The van der Waals surface area contributed by atoms with Crippen LogP contribution in [0.3, 0.4) is 0 Å². The molecule has 100 valence electrons. The Hall–Kier alpha value is -1.44. The predicted octanol–water partition coefficient (Wildman–Crippen LogP) is 0.176. The van der Waals surface area contributed by atoms with Crippen molar-refractivity contribution in [1.82, 2.24) is 0 Å². The van der Waals surface area contributed by atoms with Gasteiger partial charge in [0.1, 0.15) is 0 Å². The number of hydrogen-bond donors (Lipinski definition) is 3. The van der Waals surface area contributed by atoms with E-state index in [1.165, 1.54) is 12.1 Å². The lowest BCUT2D eigenvalue weighted by atomic mass is 10.1. The van der Waals surface area contributed by atoms with Crippen LogP contribution in [0.15, 0.2) is 23.1 Å². The number of primary sulfonamides is 1. The van der Waals surface area contributed by atoms with Crippen molar-refractivity contribution in [2.75, 3.05) is 11.9 Å². The van der Waals surface area contributed by atoms with Crippen molar-refractivity contribution in [2.45, 2.75) is 18.7 Å². The van der Waals surface area contributed by atoms with Crippen molar-refractivity contribution in [1.29, 1.82) is 0 Å². The van der Waals surface area contributed by atoms with E-state index < -0.39 is 10.0 Å². The lowest BCUT2D eigenvalue weighted by molar-refractivity contribution is -0.119. The van der Waals surface area contributed by atoms with Crippen LogP contribution in [0.1, 0.15) is 12.5 Å². The molecule has 0 saturated carbocycles. The molecule has 5 N–H and O–H groups in total. The first-order valence-corrected chi connectivity index (χ1v) is 6.95. The zero-order chi connectivity index (χ0) is 13.9. The molecule has 0 aliphatic rings. The maximum absolute atomic E-state index is 11.7. The number of amides is 1. The highest BCUT2D eigenvalue weighted by Crippen LogP contribution is 2.22. The second kappa shape index (κ2) is 5.47. The van der Waals surface area contributed by atoms with E-state index in [-0.39, 0.29) is 23.3 Å². The van der Waals surface area contributed by atoms with Crippen molar-refractivity contribution in [2.24, 2.45) is 16.8 Å². The number of anilines is 1. The van der Waals surface area contributed by atoms with Gasteiger partial charge in [0.05, 0.1) is 4.90 Å². The van der Waals surface area contributed by atoms with E-state index in [0.717, 1.165) is 0 Å². The van der Waals surface area contributed by atoms with Gasteiger partial charge in [0.25, 0.3) is 0 Å². The third kappa shape index (κ3) is 3.28. The Morgan fingerprint density at radius 1 is 1.44 bits per heavy atom. The third-order valence-electron chi connectivity index (χ3n) is 2.65. The van der Waals surface area contributed by atoms with Gasteiger partial charge in [-0.1, -0.05) is 13.0 Å². The SMILES string of the molecule is Cc1c(NC(=O)C(C)CN)cccc1S(N)(=O)=O. The fourth-order valence-electron chi connectivity index (χ4n) is 1.42. The first-order chi connectivity index (χ1) is 8.27. The molecule has 0 heterocycles. The van der Waals surface area contributed by atoms with Crippen molar-refractivity contribution < 1.29 is 13.2 Å². The highest BCUT2D eigenvalue weighted by molar-refractivity contribution is 7.89. The number of sulfonamides is 1. The summed E-state index contributed by atoms with van der Waals surface area (Å²) in [7, 11) is -3.79. The number of carbonyl (C=O) groups excluding carboxylic acids is 1. The van der Waals surface area contributed by atoms with Gasteiger partial charge in [-0.25, -0.2) is 13.6 Å². The van der Waals surface area contributed by atoms with Crippen LogP contribution in [0.4, 0.5) is 5.69 Å². The van der Waals surface area contributed by atoms with E-state index in [0.29, 0.717) is 11.3 Å². The van der Waals surface area contributed by atoms with Crippen molar-refractivity contribution >= 4 is 21.6 Å². The molecular formula is C11H17N3O3S. The van der Waals surface area contributed by atoms with Crippen molar-refractivity contribution in [3.8, 4) is 0 Å². The van der Waals surface area contributed by atoms with Crippen LogP contribution in [0.5, 0.6) is 0 Å². The number of nitrogens with one attached hydrogen (secondary N) is 1. The quantitative estimate of drug-likeness (QED) is 0.724. The number of benzene rings is 1. The molecule has 0 saturated heterocycles. The molecule has 1 unspecified atom stereocenters. The number of carbonyl (C=O) groups is 1. The lowest BCUT2D eigenvalue weighted by Crippen LogP contribution is -2.27. The molecule has 1 atom stereocenters. The van der Waals surface area contributed by atoms with Crippen LogP contribution in [-0.2, 0) is 14.8 Å². The van der Waals surface area contributed by atoms with Crippen LogP contribution in [0, 0.1) is 12.8 Å². The standard InChI is InChI=1S/C11H17N3O3S/c1-7(6-12)11(15)14-9-4-3-5-10(8(9)2)18(13,16)17/h3-5,7H,6,12H2,1-2H3,(H,14,15)(H2,13,16,17). The summed E-state index contributed by atoms with van der Waals surface area (Å²) >= 11 is 0. The second-order valence-electron chi connectivity index (χ2n) is 4.10. The zero-order valence-corrected chi connectivity index (χ0v) is 11.1. The van der Waals surface area contributed by atoms with E-state index in [4.69, 9.17) is 10.9 Å². The molecule has 7 heteroatoms. The molecule has 0 aromatic heterocycles. The second-order valence-corrected chi connectivity index (χ2v) is 5.63. The first kappa shape index (κ1) is 14.6. The highest BCUT2D eigenvalue weighted by atomic mass is 32.2. The van der Waals surface area contributed by atoms with Gasteiger partial charge in [0.15, 0.2) is 0 Å². The molecule has 0 bridgehead atoms. The normalized spacial score (nSPS) is 13.1. The van der Waals surface area contributed by atoms with Crippen molar-refractivity contribution in [3.05, 3.63) is 23.8 Å². The molecule has 0 spiro atoms. The van der Waals surface area contributed by atoms with Crippen LogP contribution in [0.2, 0.25) is 0 Å². The van der Waals surface area contributed by atoms with Crippen LogP contribution >= 0.6 is 0 Å². The molecule has 0 radical (unpaired) electrons. The van der Waals surface area contributed by atoms with E-state index in [1.807, 2.05) is 0 Å². The van der Waals surface area contributed by atoms with Gasteiger partial charge in [-0.15, -0.1) is 0 Å². The monoisotopic (exact) mass is 271 g/mol. The average molecular weight is 271 g/mol. The topological polar surface area (TPSA) is 115 Å². The number of rotatable bonds is 4. The Kier molecular flexibility index (Phi) is 4.44. The fraction of sp³-hybridized carbons (Fsp3) is 0.364. The summed E-state index contributed by atoms with van der Waals surface area (Å²) in [6.45, 7) is 3.50. The van der Waals surface area contributed by atoms with Gasteiger partial charge < -0.3 is 11.1 Å². The lowest BCUT2D eigenvalue weighted by Gasteiger charge is -2.13. The minimum Gasteiger partial charge on any atom is -0.330 e. The van der Waals surface area contributed by atoms with E-state index >= 15 is 0 Å². The average Bonchev–Trinajstić information content (AvgIpc) is 2.29. The van der Waals surface area contributed by atoms with E-state index in [1.54, 1.807) is 19.9 Å². The summed E-state index contributed by atoms with van der Waals surface area (Å²) in [5, 5.41) is 7.72. The molecule has 18 heavy (non-hydrogen) atoms. The van der Waals surface area contributed by atoms with Gasteiger partial charge in [-0.2, -0.15) is 0 Å². The van der Waals surface area contributed by atoms with E-state index in [2.05, 4.69) is 5.32 Å². The van der Waals surface area contributed by atoms with Gasteiger partial charge in [0.2, 0.25) is 15.9 Å². The molecule has 1 aromatic carbocycles. The molecule has 0 aliphatic heterocycles. The summed E-state index contributed by atoms with van der Waals surface area (Å²) in [6.07, 6.45) is 0. The van der Waals surface area contributed by atoms with Crippen molar-refractivity contribution in [3.63, 3.8) is 0 Å². The smallest absolute Gasteiger partial charge is 0.238 e. The summed E-state index contributed by atoms with van der Waals surface area (Å²) in [6, 6.07) is 4.54. The zero-order valence-electron chi connectivity index (χ0n) is 10.3. The summed E-state index contributed by atoms with van der Waals surface area (Å²) in [4.78, 5) is 11.7. The highest BCUT2D eigenvalue weighted by Gasteiger charge is 2.16. The van der Waals surface area contributed by atoms with Crippen LogP contribution in [-0.4, -0.2) is 20.9 Å². The maximum Gasteiger partial charge on any atom is 0.238 e. The molecule has 1 rings (SSSR count). The molecule has 1 aromatic rings. The number of hydrogen-bond acceptors (Lipinski definition) is 4. The Labute approximate surface area is 106 Å². The Morgan fingerprint density at radius 2 is 2.06 bits per heavy atom. The molecule has 0 fully saturated rings. The molecule has 1 amide bonds.